The van der Waals surface area contributed by atoms with Crippen LogP contribution in [-0.4, -0.2) is 41.7 Å². The first-order valence-electron chi connectivity index (χ1n) is 6.93. The maximum atomic E-state index is 12.3. The van der Waals surface area contributed by atoms with Crippen LogP contribution in [0, 0.1) is 6.92 Å². The quantitative estimate of drug-likeness (QED) is 0.873. The molecule has 0 saturated carbocycles. The van der Waals surface area contributed by atoms with Gasteiger partial charge in [0.2, 0.25) is 0 Å². The molecule has 19 heavy (non-hydrogen) atoms. The standard InChI is InChI=1S/C15H22N2O2/c1-3-7-16-14-5-4-12(9-11(14)2)15(19)17-8-6-13(18)10-17/h4-5,9,13,16,18H,3,6-8,10H2,1-2H3. The minimum atomic E-state index is -0.365. The molecule has 1 aliphatic rings. The summed E-state index contributed by atoms with van der Waals surface area (Å²) < 4.78 is 0. The van der Waals surface area contributed by atoms with Crippen molar-refractivity contribution >= 4 is 11.6 Å². The van der Waals surface area contributed by atoms with E-state index in [2.05, 4.69) is 12.2 Å². The number of hydrogen-bond donors (Lipinski definition) is 2. The summed E-state index contributed by atoms with van der Waals surface area (Å²) in [4.78, 5) is 14.0. The van der Waals surface area contributed by atoms with Crippen molar-refractivity contribution in [3.05, 3.63) is 29.3 Å². The minimum absolute atomic E-state index is 0.0155. The van der Waals surface area contributed by atoms with Gasteiger partial charge in [0.15, 0.2) is 0 Å². The number of aryl methyl sites for hydroxylation is 1. The number of likely N-dealkylation sites (tertiary alicyclic amines) is 1. The SMILES string of the molecule is CCCNc1ccc(C(=O)N2CCC(O)C2)cc1C. The number of amides is 1. The summed E-state index contributed by atoms with van der Waals surface area (Å²) in [5.41, 5.74) is 2.87. The number of β-amino-alcohol motifs (C(OH)–C–C–N with tert-alkyl or cyclic N) is 1. The van der Waals surface area contributed by atoms with Crippen molar-refractivity contribution in [3.8, 4) is 0 Å². The maximum absolute atomic E-state index is 12.3. The summed E-state index contributed by atoms with van der Waals surface area (Å²) in [5.74, 6) is 0.0155. The zero-order valence-electron chi connectivity index (χ0n) is 11.6. The smallest absolute Gasteiger partial charge is 0.253 e. The monoisotopic (exact) mass is 262 g/mol. The molecule has 0 spiro atoms. The molecular formula is C15H22N2O2. The highest BCUT2D eigenvalue weighted by atomic mass is 16.3. The van der Waals surface area contributed by atoms with Gasteiger partial charge in [0.25, 0.3) is 5.91 Å². The number of carbonyl (C=O) groups is 1. The first kappa shape index (κ1) is 13.9. The van der Waals surface area contributed by atoms with Crippen molar-refractivity contribution in [1.82, 2.24) is 4.90 Å². The number of nitrogens with zero attached hydrogens (tertiary/aromatic N) is 1. The molecule has 1 aromatic carbocycles. The van der Waals surface area contributed by atoms with Gasteiger partial charge in [-0.05, 0) is 43.5 Å². The number of nitrogens with one attached hydrogen (secondary N) is 1. The second-order valence-corrected chi connectivity index (χ2v) is 5.15. The second-order valence-electron chi connectivity index (χ2n) is 5.15. The van der Waals surface area contributed by atoms with Crippen LogP contribution < -0.4 is 5.32 Å². The highest BCUT2D eigenvalue weighted by molar-refractivity contribution is 5.95. The molecule has 104 valence electrons. The Hall–Kier alpha value is -1.55. The fourth-order valence-electron chi connectivity index (χ4n) is 2.36. The first-order chi connectivity index (χ1) is 9.11. The minimum Gasteiger partial charge on any atom is -0.391 e. The molecule has 1 aromatic rings. The third-order valence-electron chi connectivity index (χ3n) is 3.49. The lowest BCUT2D eigenvalue weighted by Crippen LogP contribution is -2.29. The number of aliphatic hydroxyl groups excluding tert-OH is 1. The van der Waals surface area contributed by atoms with Crippen LogP contribution in [0.3, 0.4) is 0 Å². The zero-order chi connectivity index (χ0) is 13.8. The van der Waals surface area contributed by atoms with Crippen molar-refractivity contribution in [1.29, 1.82) is 0 Å². The van der Waals surface area contributed by atoms with Gasteiger partial charge in [-0.3, -0.25) is 4.79 Å². The summed E-state index contributed by atoms with van der Waals surface area (Å²) in [5, 5.41) is 12.8. The Morgan fingerprint density at radius 2 is 2.32 bits per heavy atom. The van der Waals surface area contributed by atoms with Gasteiger partial charge in [-0.1, -0.05) is 6.92 Å². The Kier molecular flexibility index (Phi) is 4.43. The lowest BCUT2D eigenvalue weighted by atomic mass is 10.1. The van der Waals surface area contributed by atoms with Gasteiger partial charge in [0, 0.05) is 30.9 Å². The fourth-order valence-corrected chi connectivity index (χ4v) is 2.36. The van der Waals surface area contributed by atoms with E-state index >= 15 is 0 Å². The van der Waals surface area contributed by atoms with Crippen LogP contribution in [0.5, 0.6) is 0 Å². The van der Waals surface area contributed by atoms with Crippen LogP contribution in [-0.2, 0) is 0 Å². The fraction of sp³-hybridized carbons (Fsp3) is 0.533. The average molecular weight is 262 g/mol. The summed E-state index contributed by atoms with van der Waals surface area (Å²) in [6, 6.07) is 5.74. The normalized spacial score (nSPS) is 18.7. The Morgan fingerprint density at radius 3 is 2.89 bits per heavy atom. The van der Waals surface area contributed by atoms with Gasteiger partial charge < -0.3 is 15.3 Å². The van der Waals surface area contributed by atoms with Crippen LogP contribution in [0.1, 0.15) is 35.7 Å². The van der Waals surface area contributed by atoms with Gasteiger partial charge >= 0.3 is 0 Å². The molecule has 4 nitrogen and oxygen atoms in total. The molecule has 0 aliphatic carbocycles. The molecule has 0 bridgehead atoms. The highest BCUT2D eigenvalue weighted by Crippen LogP contribution is 2.19. The Morgan fingerprint density at radius 1 is 1.53 bits per heavy atom. The van der Waals surface area contributed by atoms with Crippen molar-refractivity contribution < 1.29 is 9.90 Å². The lowest BCUT2D eigenvalue weighted by molar-refractivity contribution is 0.0765. The molecule has 2 rings (SSSR count). The van der Waals surface area contributed by atoms with E-state index < -0.39 is 0 Å². The topological polar surface area (TPSA) is 52.6 Å². The van der Waals surface area contributed by atoms with Crippen molar-refractivity contribution in [2.45, 2.75) is 32.8 Å². The van der Waals surface area contributed by atoms with Crippen molar-refractivity contribution in [3.63, 3.8) is 0 Å². The molecule has 1 atom stereocenters. The van der Waals surface area contributed by atoms with E-state index in [4.69, 9.17) is 0 Å². The number of hydrogen-bond acceptors (Lipinski definition) is 3. The molecule has 1 aliphatic heterocycles. The van der Waals surface area contributed by atoms with Crippen LogP contribution >= 0.6 is 0 Å². The summed E-state index contributed by atoms with van der Waals surface area (Å²) in [7, 11) is 0. The Balaban J connectivity index is 2.08. The molecule has 1 fully saturated rings. The number of anilines is 1. The van der Waals surface area contributed by atoms with Crippen LogP contribution in [0.15, 0.2) is 18.2 Å². The largest absolute Gasteiger partial charge is 0.391 e. The second kappa shape index (κ2) is 6.06. The highest BCUT2D eigenvalue weighted by Gasteiger charge is 2.25. The van der Waals surface area contributed by atoms with Gasteiger partial charge in [0.05, 0.1) is 6.10 Å². The number of aliphatic hydroxyl groups is 1. The number of carbonyl (C=O) groups excluding carboxylic acids is 1. The molecule has 1 saturated heterocycles. The van der Waals surface area contributed by atoms with Crippen LogP contribution in [0.4, 0.5) is 5.69 Å². The summed E-state index contributed by atoms with van der Waals surface area (Å²) >= 11 is 0. The van der Waals surface area contributed by atoms with Gasteiger partial charge in [0.1, 0.15) is 0 Å². The summed E-state index contributed by atoms with van der Waals surface area (Å²) in [6.45, 7) is 6.17. The predicted molar refractivity (Wildman–Crippen MR) is 76.5 cm³/mol. The molecule has 4 heteroatoms. The number of rotatable bonds is 4. The van der Waals surface area contributed by atoms with E-state index in [-0.39, 0.29) is 12.0 Å². The maximum Gasteiger partial charge on any atom is 0.253 e. The first-order valence-corrected chi connectivity index (χ1v) is 6.93. The van der Waals surface area contributed by atoms with E-state index in [0.717, 1.165) is 24.2 Å². The molecule has 1 heterocycles. The van der Waals surface area contributed by atoms with Gasteiger partial charge in [-0.2, -0.15) is 0 Å². The third kappa shape index (κ3) is 3.26. The molecule has 2 N–H and O–H groups in total. The number of benzene rings is 1. The van der Waals surface area contributed by atoms with Crippen molar-refractivity contribution in [2.24, 2.45) is 0 Å². The summed E-state index contributed by atoms with van der Waals surface area (Å²) in [6.07, 6.45) is 1.39. The lowest BCUT2D eigenvalue weighted by Gasteiger charge is -2.17. The van der Waals surface area contributed by atoms with Crippen molar-refractivity contribution in [2.75, 3.05) is 25.0 Å². The molecule has 0 radical (unpaired) electrons. The average Bonchev–Trinajstić information content (AvgIpc) is 2.83. The van der Waals surface area contributed by atoms with E-state index in [1.807, 2.05) is 25.1 Å². The zero-order valence-corrected chi connectivity index (χ0v) is 11.6. The van der Waals surface area contributed by atoms with E-state index in [0.29, 0.717) is 25.1 Å². The van der Waals surface area contributed by atoms with E-state index in [1.165, 1.54) is 0 Å². The molecule has 0 aromatic heterocycles. The van der Waals surface area contributed by atoms with E-state index in [9.17, 15) is 9.90 Å². The Bertz CT molecular complexity index is 459. The van der Waals surface area contributed by atoms with E-state index in [1.54, 1.807) is 4.90 Å². The molecule has 1 unspecified atom stereocenters. The third-order valence-corrected chi connectivity index (χ3v) is 3.49. The molecule has 1 amide bonds. The van der Waals surface area contributed by atoms with Crippen LogP contribution in [0.25, 0.3) is 0 Å². The molecular weight excluding hydrogens is 240 g/mol. The van der Waals surface area contributed by atoms with Crippen LogP contribution in [0.2, 0.25) is 0 Å². The predicted octanol–water partition coefficient (Wildman–Crippen LogP) is 2.02. The Labute approximate surface area is 114 Å². The van der Waals surface area contributed by atoms with Gasteiger partial charge in [-0.15, -0.1) is 0 Å². The van der Waals surface area contributed by atoms with Gasteiger partial charge in [-0.25, -0.2) is 0 Å².